The number of carboxylic acid groups (broad SMARTS) is 1. The molecule has 0 saturated heterocycles. The molecule has 0 radical (unpaired) electrons. The Morgan fingerprint density at radius 2 is 2.24 bits per heavy atom. The molecule has 0 bridgehead atoms. The van der Waals surface area contributed by atoms with Crippen LogP contribution in [-0.2, 0) is 15.7 Å². The highest BCUT2D eigenvalue weighted by Crippen LogP contribution is 2.29. The van der Waals surface area contributed by atoms with E-state index in [2.05, 4.69) is 10.3 Å². The van der Waals surface area contributed by atoms with Crippen molar-refractivity contribution in [1.82, 2.24) is 4.98 Å². The molecule has 0 spiro atoms. The van der Waals surface area contributed by atoms with Gasteiger partial charge < -0.3 is 15.2 Å². The Bertz CT molecular complexity index is 555. The number of alkyl halides is 3. The number of pyridine rings is 1. The van der Waals surface area contributed by atoms with E-state index in [1.54, 1.807) is 6.07 Å². The van der Waals surface area contributed by atoms with Crippen molar-refractivity contribution in [2.24, 2.45) is 0 Å². The van der Waals surface area contributed by atoms with Crippen LogP contribution in [0.5, 0.6) is 0 Å². The molecule has 0 saturated carbocycles. The Hall–Kier alpha value is -2.34. The number of rotatable bonds is 6. The number of ether oxygens (including phenoxy) is 1. The largest absolute Gasteiger partial charge is 0.480 e. The summed E-state index contributed by atoms with van der Waals surface area (Å²) in [6.07, 6.45) is -4.68. The van der Waals surface area contributed by atoms with Gasteiger partial charge in [-0.1, -0.05) is 0 Å². The monoisotopic (exact) mass is 303 g/mol. The zero-order chi connectivity index (χ0) is 16.0. The van der Waals surface area contributed by atoms with E-state index in [9.17, 15) is 18.0 Å². The molecule has 9 heteroatoms. The topological polar surface area (TPSA) is 95.2 Å². The predicted molar refractivity (Wildman–Crippen MR) is 65.5 cm³/mol. The zero-order valence-electron chi connectivity index (χ0n) is 10.9. The maximum atomic E-state index is 12.6. The van der Waals surface area contributed by atoms with Crippen molar-refractivity contribution in [2.45, 2.75) is 18.6 Å². The lowest BCUT2D eigenvalue weighted by molar-refractivity contribution is -0.141. The Morgan fingerprint density at radius 1 is 1.57 bits per heavy atom. The third-order valence-corrected chi connectivity index (χ3v) is 2.53. The van der Waals surface area contributed by atoms with Crippen LogP contribution in [0.15, 0.2) is 12.1 Å². The Labute approximate surface area is 118 Å². The van der Waals surface area contributed by atoms with Crippen LogP contribution >= 0.6 is 0 Å². The maximum Gasteiger partial charge on any atom is 0.433 e. The summed E-state index contributed by atoms with van der Waals surface area (Å²) in [6.45, 7) is 0.0881. The minimum atomic E-state index is -4.68. The molecular formula is C12H12F3N3O3. The van der Waals surface area contributed by atoms with E-state index in [0.717, 1.165) is 6.07 Å². The van der Waals surface area contributed by atoms with Crippen molar-refractivity contribution in [2.75, 3.05) is 19.0 Å². The number of methoxy groups -OCH3 is 1. The van der Waals surface area contributed by atoms with Gasteiger partial charge >= 0.3 is 12.1 Å². The van der Waals surface area contributed by atoms with Gasteiger partial charge in [0.2, 0.25) is 0 Å². The second-order valence-corrected chi connectivity index (χ2v) is 4.02. The van der Waals surface area contributed by atoms with E-state index in [1.807, 2.05) is 0 Å². The lowest BCUT2D eigenvalue weighted by atomic mass is 10.2. The molecule has 1 rings (SSSR count). The van der Waals surface area contributed by atoms with Crippen LogP contribution in [-0.4, -0.2) is 35.8 Å². The molecule has 1 unspecified atom stereocenters. The summed E-state index contributed by atoms with van der Waals surface area (Å²) in [6, 6.07) is 2.04. The first-order valence-electron chi connectivity index (χ1n) is 5.76. The van der Waals surface area contributed by atoms with E-state index < -0.39 is 29.7 Å². The molecule has 0 fully saturated rings. The molecule has 1 aromatic heterocycles. The van der Waals surface area contributed by atoms with Crippen LogP contribution in [0.25, 0.3) is 0 Å². The molecule has 114 valence electrons. The van der Waals surface area contributed by atoms with Gasteiger partial charge in [0.05, 0.1) is 5.56 Å². The number of hydrogen-bond donors (Lipinski definition) is 2. The molecule has 0 aliphatic rings. The molecule has 2 N–H and O–H groups in total. The van der Waals surface area contributed by atoms with Gasteiger partial charge in [0, 0.05) is 20.1 Å². The summed E-state index contributed by atoms with van der Waals surface area (Å²) in [5.41, 5.74) is -1.38. The van der Waals surface area contributed by atoms with Crippen molar-refractivity contribution in [1.29, 1.82) is 5.26 Å². The minimum Gasteiger partial charge on any atom is -0.480 e. The number of anilines is 1. The first-order chi connectivity index (χ1) is 9.79. The van der Waals surface area contributed by atoms with Crippen LogP contribution in [0, 0.1) is 11.3 Å². The zero-order valence-corrected chi connectivity index (χ0v) is 10.9. The summed E-state index contributed by atoms with van der Waals surface area (Å²) in [5.74, 6) is -1.70. The number of carboxylic acids is 1. The highest BCUT2D eigenvalue weighted by molar-refractivity contribution is 5.77. The molecule has 0 aliphatic heterocycles. The van der Waals surface area contributed by atoms with Crippen LogP contribution in [0.1, 0.15) is 17.7 Å². The lowest BCUT2D eigenvalue weighted by Crippen LogP contribution is -2.31. The van der Waals surface area contributed by atoms with Crippen LogP contribution in [0.3, 0.4) is 0 Å². The fraction of sp³-hybridized carbons (Fsp3) is 0.417. The van der Waals surface area contributed by atoms with E-state index in [4.69, 9.17) is 15.1 Å². The molecule has 1 atom stereocenters. The lowest BCUT2D eigenvalue weighted by Gasteiger charge is -2.16. The smallest absolute Gasteiger partial charge is 0.433 e. The Kier molecular flexibility index (Phi) is 5.49. The van der Waals surface area contributed by atoms with Gasteiger partial charge in [-0.2, -0.15) is 18.4 Å². The highest BCUT2D eigenvalue weighted by Gasteiger charge is 2.33. The third-order valence-electron chi connectivity index (χ3n) is 2.53. The minimum absolute atomic E-state index is 0.00856. The number of aromatic nitrogens is 1. The summed E-state index contributed by atoms with van der Waals surface area (Å²) < 4.78 is 42.5. The first-order valence-corrected chi connectivity index (χ1v) is 5.76. The molecule has 0 aromatic carbocycles. The molecular weight excluding hydrogens is 291 g/mol. The molecule has 1 aromatic rings. The van der Waals surface area contributed by atoms with Crippen LogP contribution < -0.4 is 5.32 Å². The number of hydrogen-bond acceptors (Lipinski definition) is 5. The van der Waals surface area contributed by atoms with Crippen molar-refractivity contribution in [3.8, 4) is 6.07 Å². The van der Waals surface area contributed by atoms with Crippen molar-refractivity contribution < 1.29 is 27.8 Å². The highest BCUT2D eigenvalue weighted by atomic mass is 19.4. The van der Waals surface area contributed by atoms with Gasteiger partial charge in [0.15, 0.2) is 0 Å². The summed E-state index contributed by atoms with van der Waals surface area (Å²) in [5, 5.41) is 20.2. The van der Waals surface area contributed by atoms with E-state index in [1.165, 1.54) is 7.11 Å². The third kappa shape index (κ3) is 4.61. The van der Waals surface area contributed by atoms with E-state index >= 15 is 0 Å². The standard InChI is InChI=1S/C12H12F3N3O3/c1-21-5-4-8(11(19)20)17-10-7(6-16)2-3-9(18-10)12(13,14)15/h2-3,8H,4-5H2,1H3,(H,17,18)(H,19,20). The quantitative estimate of drug-likeness (QED) is 0.833. The first kappa shape index (κ1) is 16.7. The number of halogens is 3. The van der Waals surface area contributed by atoms with Gasteiger partial charge in [-0.25, -0.2) is 9.78 Å². The van der Waals surface area contributed by atoms with Crippen molar-refractivity contribution in [3.05, 3.63) is 23.4 Å². The van der Waals surface area contributed by atoms with Gasteiger partial charge in [-0.15, -0.1) is 0 Å². The molecule has 6 nitrogen and oxygen atoms in total. The number of nitriles is 1. The normalized spacial score (nSPS) is 12.5. The predicted octanol–water partition coefficient (Wildman–Crippen LogP) is 1.87. The summed E-state index contributed by atoms with van der Waals surface area (Å²) in [7, 11) is 1.36. The Morgan fingerprint density at radius 3 is 2.71 bits per heavy atom. The van der Waals surface area contributed by atoms with Gasteiger partial charge in [0.25, 0.3) is 0 Å². The Balaban J connectivity index is 3.09. The average molecular weight is 303 g/mol. The van der Waals surface area contributed by atoms with Crippen LogP contribution in [0.2, 0.25) is 0 Å². The number of aliphatic carboxylic acids is 1. The van der Waals surface area contributed by atoms with Gasteiger partial charge in [-0.05, 0) is 12.1 Å². The molecule has 21 heavy (non-hydrogen) atoms. The molecule has 1 heterocycles. The molecule has 0 aliphatic carbocycles. The fourth-order valence-corrected chi connectivity index (χ4v) is 1.48. The number of carbonyl (C=O) groups is 1. The van der Waals surface area contributed by atoms with Crippen LogP contribution in [0.4, 0.5) is 19.0 Å². The second kappa shape index (κ2) is 6.90. The second-order valence-electron chi connectivity index (χ2n) is 4.02. The van der Waals surface area contributed by atoms with Crippen molar-refractivity contribution in [3.63, 3.8) is 0 Å². The fourth-order valence-electron chi connectivity index (χ4n) is 1.48. The molecule has 0 amide bonds. The van der Waals surface area contributed by atoms with E-state index in [-0.39, 0.29) is 18.6 Å². The SMILES string of the molecule is COCCC(Nc1nc(C(F)(F)F)ccc1C#N)C(=O)O. The number of nitrogens with zero attached hydrogens (tertiary/aromatic N) is 2. The maximum absolute atomic E-state index is 12.6. The van der Waals surface area contributed by atoms with Crippen molar-refractivity contribution >= 4 is 11.8 Å². The van der Waals surface area contributed by atoms with E-state index in [0.29, 0.717) is 6.07 Å². The summed E-state index contributed by atoms with van der Waals surface area (Å²) in [4.78, 5) is 14.3. The summed E-state index contributed by atoms with van der Waals surface area (Å²) >= 11 is 0. The number of nitrogens with one attached hydrogen (secondary N) is 1. The van der Waals surface area contributed by atoms with Gasteiger partial charge in [0.1, 0.15) is 23.6 Å². The average Bonchev–Trinajstić information content (AvgIpc) is 2.41. The van der Waals surface area contributed by atoms with Gasteiger partial charge in [-0.3, -0.25) is 0 Å².